The molecular weight excluding hydrogens is 298 g/mol. The normalized spacial score (nSPS) is 13.0. The predicted octanol–water partition coefficient (Wildman–Crippen LogP) is 2.54. The Bertz CT molecular complexity index is 657. The standard InChI is InChI=1S/C17H21NO3S/c1-21-12-13-22(19,20)18-17(16-10-6-3-7-11-16)14-15-8-4-2-5-9-15/h2-11,17-18H,12-14H2,1H3. The van der Waals surface area contributed by atoms with Gasteiger partial charge in [-0.2, -0.15) is 0 Å². The highest BCUT2D eigenvalue weighted by Crippen LogP contribution is 2.19. The molecule has 0 saturated heterocycles. The maximum absolute atomic E-state index is 12.2. The van der Waals surface area contributed by atoms with Crippen LogP contribution in [0.15, 0.2) is 60.7 Å². The first-order valence-corrected chi connectivity index (χ1v) is 8.84. The lowest BCUT2D eigenvalue weighted by Gasteiger charge is -2.19. The topological polar surface area (TPSA) is 55.4 Å². The summed E-state index contributed by atoms with van der Waals surface area (Å²) >= 11 is 0. The van der Waals surface area contributed by atoms with Gasteiger partial charge in [-0.25, -0.2) is 13.1 Å². The largest absolute Gasteiger partial charge is 0.384 e. The zero-order valence-electron chi connectivity index (χ0n) is 12.6. The molecule has 5 heteroatoms. The second-order valence-corrected chi connectivity index (χ2v) is 6.96. The van der Waals surface area contributed by atoms with Crippen LogP contribution in [0.1, 0.15) is 17.2 Å². The first-order chi connectivity index (χ1) is 10.6. The van der Waals surface area contributed by atoms with Gasteiger partial charge in [0.15, 0.2) is 0 Å². The van der Waals surface area contributed by atoms with Crippen LogP contribution < -0.4 is 4.72 Å². The van der Waals surface area contributed by atoms with E-state index in [1.165, 1.54) is 7.11 Å². The van der Waals surface area contributed by atoms with Crippen molar-refractivity contribution in [3.8, 4) is 0 Å². The molecule has 0 fully saturated rings. The Morgan fingerprint density at radius 3 is 2.18 bits per heavy atom. The van der Waals surface area contributed by atoms with Crippen molar-refractivity contribution < 1.29 is 13.2 Å². The molecule has 2 aromatic rings. The van der Waals surface area contributed by atoms with Gasteiger partial charge in [-0.1, -0.05) is 60.7 Å². The molecular formula is C17H21NO3S. The lowest BCUT2D eigenvalue weighted by Crippen LogP contribution is -2.33. The number of hydrogen-bond acceptors (Lipinski definition) is 3. The second-order valence-electron chi connectivity index (χ2n) is 5.08. The molecule has 2 aromatic carbocycles. The molecule has 0 bridgehead atoms. The number of methoxy groups -OCH3 is 1. The Hall–Kier alpha value is -1.69. The molecule has 1 atom stereocenters. The third-order valence-electron chi connectivity index (χ3n) is 3.36. The van der Waals surface area contributed by atoms with Crippen molar-refractivity contribution in [1.82, 2.24) is 4.72 Å². The number of rotatable bonds is 8. The van der Waals surface area contributed by atoms with Crippen molar-refractivity contribution in [2.45, 2.75) is 12.5 Å². The average Bonchev–Trinajstić information content (AvgIpc) is 2.54. The first-order valence-electron chi connectivity index (χ1n) is 7.18. The van der Waals surface area contributed by atoms with Crippen molar-refractivity contribution in [3.05, 3.63) is 71.8 Å². The molecule has 0 radical (unpaired) electrons. The summed E-state index contributed by atoms with van der Waals surface area (Å²) in [5, 5.41) is 0. The Morgan fingerprint density at radius 2 is 1.59 bits per heavy atom. The summed E-state index contributed by atoms with van der Waals surface area (Å²) in [6, 6.07) is 19.2. The summed E-state index contributed by atoms with van der Waals surface area (Å²) in [6.45, 7) is 0.183. The summed E-state index contributed by atoms with van der Waals surface area (Å²) in [4.78, 5) is 0. The second kappa shape index (κ2) is 8.08. The average molecular weight is 319 g/mol. The Morgan fingerprint density at radius 1 is 1.00 bits per heavy atom. The van der Waals surface area contributed by atoms with Crippen LogP contribution in [0.25, 0.3) is 0 Å². The minimum Gasteiger partial charge on any atom is -0.384 e. The van der Waals surface area contributed by atoms with E-state index in [0.717, 1.165) is 11.1 Å². The highest BCUT2D eigenvalue weighted by Gasteiger charge is 2.19. The van der Waals surface area contributed by atoms with Crippen molar-refractivity contribution in [2.75, 3.05) is 19.5 Å². The van der Waals surface area contributed by atoms with Crippen LogP contribution in [-0.2, 0) is 21.2 Å². The minimum absolute atomic E-state index is 0.0401. The Labute approximate surface area is 132 Å². The van der Waals surface area contributed by atoms with Gasteiger partial charge >= 0.3 is 0 Å². The van der Waals surface area contributed by atoms with Gasteiger partial charge in [0.25, 0.3) is 0 Å². The van der Waals surface area contributed by atoms with Crippen LogP contribution in [0.5, 0.6) is 0 Å². The molecule has 0 amide bonds. The van der Waals surface area contributed by atoms with Gasteiger partial charge in [0.05, 0.1) is 18.4 Å². The van der Waals surface area contributed by atoms with Crippen LogP contribution in [0.3, 0.4) is 0 Å². The monoisotopic (exact) mass is 319 g/mol. The summed E-state index contributed by atoms with van der Waals surface area (Å²) in [7, 11) is -1.89. The number of nitrogens with one attached hydrogen (secondary N) is 1. The van der Waals surface area contributed by atoms with Crippen LogP contribution in [-0.4, -0.2) is 27.9 Å². The number of ether oxygens (including phenoxy) is 1. The van der Waals surface area contributed by atoms with Gasteiger partial charge in [0.2, 0.25) is 10.0 Å². The van der Waals surface area contributed by atoms with Crippen LogP contribution in [0.4, 0.5) is 0 Å². The number of sulfonamides is 1. The molecule has 0 aliphatic heterocycles. The van der Waals surface area contributed by atoms with Crippen molar-refractivity contribution >= 4 is 10.0 Å². The molecule has 0 aliphatic carbocycles. The fourth-order valence-electron chi connectivity index (χ4n) is 2.23. The van der Waals surface area contributed by atoms with E-state index in [1.54, 1.807) is 0 Å². The van der Waals surface area contributed by atoms with E-state index >= 15 is 0 Å². The van der Waals surface area contributed by atoms with Crippen molar-refractivity contribution in [1.29, 1.82) is 0 Å². The maximum atomic E-state index is 12.2. The lowest BCUT2D eigenvalue weighted by molar-refractivity contribution is 0.216. The molecule has 2 rings (SSSR count). The molecule has 0 aliphatic rings. The molecule has 1 unspecified atom stereocenters. The van der Waals surface area contributed by atoms with E-state index in [1.807, 2.05) is 60.7 Å². The van der Waals surface area contributed by atoms with Crippen LogP contribution in [0.2, 0.25) is 0 Å². The van der Waals surface area contributed by atoms with E-state index in [-0.39, 0.29) is 18.4 Å². The predicted molar refractivity (Wildman–Crippen MR) is 88.1 cm³/mol. The Balaban J connectivity index is 2.19. The van der Waals surface area contributed by atoms with Gasteiger partial charge in [-0.15, -0.1) is 0 Å². The third kappa shape index (κ3) is 5.26. The molecule has 4 nitrogen and oxygen atoms in total. The van der Waals surface area contributed by atoms with Crippen molar-refractivity contribution in [2.24, 2.45) is 0 Å². The number of benzene rings is 2. The van der Waals surface area contributed by atoms with Gasteiger partial charge in [-0.05, 0) is 17.5 Å². The van der Waals surface area contributed by atoms with Gasteiger partial charge < -0.3 is 4.74 Å². The molecule has 0 heterocycles. The minimum atomic E-state index is -3.39. The number of hydrogen-bond donors (Lipinski definition) is 1. The van der Waals surface area contributed by atoms with Gasteiger partial charge in [0.1, 0.15) is 0 Å². The lowest BCUT2D eigenvalue weighted by atomic mass is 10.00. The smallest absolute Gasteiger partial charge is 0.214 e. The zero-order valence-corrected chi connectivity index (χ0v) is 13.4. The van der Waals surface area contributed by atoms with E-state index in [9.17, 15) is 8.42 Å². The summed E-state index contributed by atoms with van der Waals surface area (Å²) in [5.41, 5.74) is 2.04. The fourth-order valence-corrected chi connectivity index (χ4v) is 3.39. The molecule has 0 aromatic heterocycles. The van der Waals surface area contributed by atoms with Gasteiger partial charge in [0, 0.05) is 7.11 Å². The summed E-state index contributed by atoms with van der Waals surface area (Å²) < 4.78 is 32.0. The van der Waals surface area contributed by atoms with Crippen LogP contribution in [0, 0.1) is 0 Å². The highest BCUT2D eigenvalue weighted by atomic mass is 32.2. The first kappa shape index (κ1) is 16.7. The molecule has 0 saturated carbocycles. The summed E-state index contributed by atoms with van der Waals surface area (Å²) in [6.07, 6.45) is 0.608. The molecule has 118 valence electrons. The maximum Gasteiger partial charge on any atom is 0.214 e. The molecule has 22 heavy (non-hydrogen) atoms. The van der Waals surface area contributed by atoms with E-state index in [2.05, 4.69) is 4.72 Å². The van der Waals surface area contributed by atoms with E-state index in [0.29, 0.717) is 6.42 Å². The summed E-state index contributed by atoms with van der Waals surface area (Å²) in [5.74, 6) is -0.0401. The van der Waals surface area contributed by atoms with Crippen molar-refractivity contribution in [3.63, 3.8) is 0 Å². The zero-order chi connectivity index (χ0) is 15.8. The molecule has 1 N–H and O–H groups in total. The molecule has 0 spiro atoms. The van der Waals surface area contributed by atoms with E-state index in [4.69, 9.17) is 4.74 Å². The third-order valence-corrected chi connectivity index (χ3v) is 4.71. The fraction of sp³-hybridized carbons (Fsp3) is 0.294. The Kier molecular flexibility index (Phi) is 6.12. The highest BCUT2D eigenvalue weighted by molar-refractivity contribution is 7.89. The SMILES string of the molecule is COCCS(=O)(=O)NC(Cc1ccccc1)c1ccccc1. The quantitative estimate of drug-likeness (QED) is 0.813. The van der Waals surface area contributed by atoms with Crippen LogP contribution >= 0.6 is 0 Å². The van der Waals surface area contributed by atoms with Gasteiger partial charge in [-0.3, -0.25) is 0 Å². The van der Waals surface area contributed by atoms with E-state index < -0.39 is 10.0 Å².